The average Bonchev–Trinajstić information content (AvgIpc) is 2.46. The number of halogens is 1. The van der Waals surface area contributed by atoms with Gasteiger partial charge in [-0.3, -0.25) is 0 Å². The molecule has 0 aliphatic rings. The fourth-order valence-corrected chi connectivity index (χ4v) is 1.40. The van der Waals surface area contributed by atoms with E-state index in [4.69, 9.17) is 0 Å². The van der Waals surface area contributed by atoms with Crippen LogP contribution in [0.4, 0.5) is 0 Å². The molecule has 4 heteroatoms. The molecule has 0 saturated heterocycles. The Kier molecular flexibility index (Phi) is 3.49. The third-order valence-electron chi connectivity index (χ3n) is 2.02. The van der Waals surface area contributed by atoms with Crippen LogP contribution in [0.5, 0.6) is 0 Å². The third kappa shape index (κ3) is 2.05. The molecule has 76 valence electrons. The van der Waals surface area contributed by atoms with Gasteiger partial charge in [0.15, 0.2) is 0 Å². The second kappa shape index (κ2) is 4.44. The molecule has 0 aliphatic heterocycles. The summed E-state index contributed by atoms with van der Waals surface area (Å²) in [6.45, 7) is 2.90. The van der Waals surface area contributed by atoms with E-state index in [9.17, 15) is 0 Å². The van der Waals surface area contributed by atoms with E-state index in [1.54, 1.807) is 0 Å². The molecule has 0 unspecified atom stereocenters. The lowest BCUT2D eigenvalue weighted by Gasteiger charge is -1.92. The Morgan fingerprint density at radius 1 is 1.50 bits per heavy atom. The molecule has 2 heterocycles. The second-order valence-electron chi connectivity index (χ2n) is 3.23. The van der Waals surface area contributed by atoms with Crippen molar-refractivity contribution in [3.05, 3.63) is 35.8 Å². The molecule has 14 heavy (non-hydrogen) atoms. The van der Waals surface area contributed by atoms with Crippen LogP contribution in [0.15, 0.2) is 24.5 Å². The molecule has 0 amide bonds. The van der Waals surface area contributed by atoms with Crippen molar-refractivity contribution in [2.45, 2.75) is 13.5 Å². The van der Waals surface area contributed by atoms with Gasteiger partial charge in [0, 0.05) is 18.9 Å². The van der Waals surface area contributed by atoms with Crippen LogP contribution < -0.4 is 5.32 Å². The van der Waals surface area contributed by atoms with E-state index in [1.807, 2.05) is 23.8 Å². The summed E-state index contributed by atoms with van der Waals surface area (Å²) in [6, 6.07) is 4.16. The normalized spacial score (nSPS) is 10.1. The van der Waals surface area contributed by atoms with Crippen molar-refractivity contribution in [3.8, 4) is 0 Å². The number of rotatable bonds is 2. The van der Waals surface area contributed by atoms with Crippen molar-refractivity contribution < 1.29 is 0 Å². The Balaban J connectivity index is 0.000000980. The molecule has 0 bridgehead atoms. The Morgan fingerprint density at radius 3 is 3.00 bits per heavy atom. The summed E-state index contributed by atoms with van der Waals surface area (Å²) in [4.78, 5) is 4.46. The number of nitrogens with one attached hydrogen (secondary N) is 1. The Bertz CT molecular complexity index is 422. The van der Waals surface area contributed by atoms with Crippen molar-refractivity contribution in [2.24, 2.45) is 0 Å². The maximum Gasteiger partial charge on any atom is 0.137 e. The molecule has 2 rings (SSSR count). The van der Waals surface area contributed by atoms with Gasteiger partial charge in [0.1, 0.15) is 5.65 Å². The zero-order valence-electron chi connectivity index (χ0n) is 8.32. The van der Waals surface area contributed by atoms with Crippen LogP contribution in [0.25, 0.3) is 5.65 Å². The summed E-state index contributed by atoms with van der Waals surface area (Å²) in [6.07, 6.45) is 4.09. The minimum absolute atomic E-state index is 0. The highest BCUT2D eigenvalue weighted by Gasteiger charge is 1.99. The van der Waals surface area contributed by atoms with Crippen LogP contribution in [-0.4, -0.2) is 16.4 Å². The fraction of sp³-hybridized carbons (Fsp3) is 0.300. The first kappa shape index (κ1) is 11.0. The molecule has 0 aromatic carbocycles. The lowest BCUT2D eigenvalue weighted by Crippen LogP contribution is -2.04. The van der Waals surface area contributed by atoms with Crippen LogP contribution in [0.2, 0.25) is 0 Å². The molecule has 0 radical (unpaired) electrons. The van der Waals surface area contributed by atoms with Crippen LogP contribution in [0.3, 0.4) is 0 Å². The first-order valence-corrected chi connectivity index (χ1v) is 4.38. The number of fused-ring (bicyclic) bond motifs is 1. The Labute approximate surface area is 89.6 Å². The van der Waals surface area contributed by atoms with Crippen LogP contribution >= 0.6 is 12.4 Å². The molecule has 2 aromatic heterocycles. The van der Waals surface area contributed by atoms with Crippen LogP contribution in [0, 0.1) is 6.92 Å². The van der Waals surface area contributed by atoms with Crippen molar-refractivity contribution in [2.75, 3.05) is 7.05 Å². The van der Waals surface area contributed by atoms with Gasteiger partial charge in [-0.25, -0.2) is 4.98 Å². The topological polar surface area (TPSA) is 29.3 Å². The van der Waals surface area contributed by atoms with Gasteiger partial charge < -0.3 is 9.72 Å². The molecule has 0 aliphatic carbocycles. The first-order valence-electron chi connectivity index (χ1n) is 4.38. The maximum absolute atomic E-state index is 4.46. The van der Waals surface area contributed by atoms with Crippen molar-refractivity contribution in [1.29, 1.82) is 0 Å². The minimum atomic E-state index is 0. The Morgan fingerprint density at radius 2 is 2.29 bits per heavy atom. The average molecular weight is 212 g/mol. The van der Waals surface area contributed by atoms with Gasteiger partial charge in [-0.1, -0.05) is 0 Å². The highest BCUT2D eigenvalue weighted by Crippen LogP contribution is 2.06. The van der Waals surface area contributed by atoms with Gasteiger partial charge in [-0.05, 0) is 31.7 Å². The quantitative estimate of drug-likeness (QED) is 0.821. The van der Waals surface area contributed by atoms with Gasteiger partial charge >= 0.3 is 0 Å². The maximum atomic E-state index is 4.46. The SMILES string of the molecule is CNCc1cn2ccc(C)cc2n1.Cl. The minimum Gasteiger partial charge on any atom is -0.314 e. The molecule has 0 atom stereocenters. The van der Waals surface area contributed by atoms with Crippen molar-refractivity contribution in [3.63, 3.8) is 0 Å². The highest BCUT2D eigenvalue weighted by molar-refractivity contribution is 5.85. The van der Waals surface area contributed by atoms with Crippen LogP contribution in [-0.2, 0) is 6.54 Å². The van der Waals surface area contributed by atoms with E-state index in [1.165, 1.54) is 5.56 Å². The summed E-state index contributed by atoms with van der Waals surface area (Å²) in [7, 11) is 1.93. The molecular weight excluding hydrogens is 198 g/mol. The molecule has 0 spiro atoms. The molecule has 0 fully saturated rings. The summed E-state index contributed by atoms with van der Waals surface area (Å²) in [5.41, 5.74) is 3.34. The predicted octanol–water partition coefficient (Wildman–Crippen LogP) is 1.78. The Hall–Kier alpha value is -1.06. The number of aryl methyl sites for hydroxylation is 1. The fourth-order valence-electron chi connectivity index (χ4n) is 1.40. The molecule has 2 aromatic rings. The predicted molar refractivity (Wildman–Crippen MR) is 59.9 cm³/mol. The number of pyridine rings is 1. The summed E-state index contributed by atoms with van der Waals surface area (Å²) >= 11 is 0. The van der Waals surface area contributed by atoms with E-state index in [0.717, 1.165) is 17.9 Å². The lowest BCUT2D eigenvalue weighted by atomic mass is 10.3. The third-order valence-corrected chi connectivity index (χ3v) is 2.02. The highest BCUT2D eigenvalue weighted by atomic mass is 35.5. The number of hydrogen-bond donors (Lipinski definition) is 1. The number of imidazole rings is 1. The van der Waals surface area contributed by atoms with Gasteiger partial charge in [0.05, 0.1) is 5.69 Å². The number of nitrogens with zero attached hydrogens (tertiary/aromatic N) is 2. The monoisotopic (exact) mass is 211 g/mol. The van der Waals surface area contributed by atoms with E-state index >= 15 is 0 Å². The van der Waals surface area contributed by atoms with E-state index in [-0.39, 0.29) is 12.4 Å². The second-order valence-corrected chi connectivity index (χ2v) is 3.23. The van der Waals surface area contributed by atoms with E-state index in [2.05, 4.69) is 29.4 Å². The van der Waals surface area contributed by atoms with Gasteiger partial charge in [0.2, 0.25) is 0 Å². The van der Waals surface area contributed by atoms with Gasteiger partial charge in [-0.15, -0.1) is 12.4 Å². The zero-order chi connectivity index (χ0) is 9.26. The summed E-state index contributed by atoms with van der Waals surface area (Å²) in [5, 5.41) is 3.08. The number of aromatic nitrogens is 2. The van der Waals surface area contributed by atoms with Gasteiger partial charge in [-0.2, -0.15) is 0 Å². The largest absolute Gasteiger partial charge is 0.314 e. The lowest BCUT2D eigenvalue weighted by molar-refractivity contribution is 0.798. The first-order chi connectivity index (χ1) is 6.29. The summed E-state index contributed by atoms with van der Waals surface area (Å²) < 4.78 is 2.04. The molecule has 3 nitrogen and oxygen atoms in total. The zero-order valence-corrected chi connectivity index (χ0v) is 9.14. The summed E-state index contributed by atoms with van der Waals surface area (Å²) in [5.74, 6) is 0. The molecule has 0 saturated carbocycles. The molecular formula is C10H14ClN3. The smallest absolute Gasteiger partial charge is 0.137 e. The molecule has 1 N–H and O–H groups in total. The van der Waals surface area contributed by atoms with E-state index in [0.29, 0.717) is 0 Å². The number of hydrogen-bond acceptors (Lipinski definition) is 2. The van der Waals surface area contributed by atoms with E-state index < -0.39 is 0 Å². The standard InChI is InChI=1S/C10H13N3.ClH/c1-8-3-4-13-7-9(6-11-2)12-10(13)5-8;/h3-5,7,11H,6H2,1-2H3;1H. The van der Waals surface area contributed by atoms with Crippen LogP contribution in [0.1, 0.15) is 11.3 Å². The van der Waals surface area contributed by atoms with Crippen molar-refractivity contribution >= 4 is 18.1 Å². The van der Waals surface area contributed by atoms with Crippen molar-refractivity contribution in [1.82, 2.24) is 14.7 Å². The van der Waals surface area contributed by atoms with Gasteiger partial charge in [0.25, 0.3) is 0 Å².